The lowest BCUT2D eigenvalue weighted by Gasteiger charge is -2.05. The quantitative estimate of drug-likeness (QED) is 0.631. The molecule has 4 nitrogen and oxygen atoms in total. The van der Waals surface area contributed by atoms with Crippen molar-refractivity contribution >= 4 is 12.6 Å². The Morgan fingerprint density at radius 2 is 2.08 bits per heavy atom. The van der Waals surface area contributed by atoms with E-state index in [1.165, 1.54) is 10.7 Å². The van der Waals surface area contributed by atoms with Crippen molar-refractivity contribution in [1.82, 2.24) is 9.78 Å². The first kappa shape index (κ1) is 8.64. The molecule has 1 heterocycles. The van der Waals surface area contributed by atoms with Crippen molar-refractivity contribution in [2.75, 3.05) is 0 Å². The molecule has 12 heavy (non-hydrogen) atoms. The molecule has 0 aromatic carbocycles. The first-order valence-corrected chi connectivity index (χ1v) is 3.69. The first-order chi connectivity index (χ1) is 5.69. The van der Waals surface area contributed by atoms with Gasteiger partial charge in [0.1, 0.15) is 11.4 Å². The summed E-state index contributed by atoms with van der Waals surface area (Å²) < 4.78 is 1.52. The van der Waals surface area contributed by atoms with Gasteiger partial charge in [0.2, 0.25) is 0 Å². The van der Waals surface area contributed by atoms with Crippen molar-refractivity contribution in [2.24, 2.45) is 0 Å². The van der Waals surface area contributed by atoms with Gasteiger partial charge in [-0.2, -0.15) is 5.10 Å². The van der Waals surface area contributed by atoms with Gasteiger partial charge in [-0.15, -0.1) is 0 Å². The zero-order valence-electron chi connectivity index (χ0n) is 7.02. The molecule has 1 aromatic heterocycles. The first-order valence-electron chi connectivity index (χ1n) is 3.69. The maximum Gasteiger partial charge on any atom is 0.170 e. The molecule has 0 aliphatic rings. The standard InChI is InChI=1S/C8H10N2O2/c1-6(2)10-8(5-12)3-7(4-11)9-10/h3-6H,1-2H3. The van der Waals surface area contributed by atoms with Gasteiger partial charge >= 0.3 is 0 Å². The zero-order chi connectivity index (χ0) is 9.14. The molecule has 0 aliphatic carbocycles. The fourth-order valence-electron chi connectivity index (χ4n) is 0.988. The summed E-state index contributed by atoms with van der Waals surface area (Å²) in [5.74, 6) is 0. The Morgan fingerprint density at radius 1 is 1.42 bits per heavy atom. The molecule has 0 unspecified atom stereocenters. The summed E-state index contributed by atoms with van der Waals surface area (Å²) >= 11 is 0. The third-order valence-corrected chi connectivity index (χ3v) is 1.51. The van der Waals surface area contributed by atoms with E-state index < -0.39 is 0 Å². The fraction of sp³-hybridized carbons (Fsp3) is 0.375. The van der Waals surface area contributed by atoms with Gasteiger partial charge in [0.05, 0.1) is 0 Å². The Bertz CT molecular complexity index is 302. The van der Waals surface area contributed by atoms with Gasteiger partial charge in [0, 0.05) is 6.04 Å². The highest BCUT2D eigenvalue weighted by Crippen LogP contribution is 2.07. The number of carbonyl (C=O) groups is 2. The molecule has 1 rings (SSSR count). The Morgan fingerprint density at radius 3 is 2.42 bits per heavy atom. The van der Waals surface area contributed by atoms with Crippen LogP contribution in [0.25, 0.3) is 0 Å². The second-order valence-corrected chi connectivity index (χ2v) is 2.77. The highest BCUT2D eigenvalue weighted by molar-refractivity contribution is 5.78. The van der Waals surface area contributed by atoms with E-state index in [1.807, 2.05) is 13.8 Å². The minimum Gasteiger partial charge on any atom is -0.296 e. The predicted molar refractivity (Wildman–Crippen MR) is 43.4 cm³/mol. The Balaban J connectivity index is 3.16. The third kappa shape index (κ3) is 1.42. The van der Waals surface area contributed by atoms with Crippen LogP contribution in [0.15, 0.2) is 6.07 Å². The van der Waals surface area contributed by atoms with Crippen molar-refractivity contribution in [1.29, 1.82) is 0 Å². The molecule has 1 aromatic rings. The molecule has 4 heteroatoms. The Labute approximate surface area is 70.2 Å². The maximum atomic E-state index is 10.5. The van der Waals surface area contributed by atoms with Crippen LogP contribution in [0.1, 0.15) is 40.9 Å². The summed E-state index contributed by atoms with van der Waals surface area (Å²) in [7, 11) is 0. The van der Waals surface area contributed by atoms with E-state index >= 15 is 0 Å². The number of aldehydes is 2. The van der Waals surface area contributed by atoms with Crippen LogP contribution in [0.2, 0.25) is 0 Å². The summed E-state index contributed by atoms with van der Waals surface area (Å²) in [6.07, 6.45) is 1.33. The minimum absolute atomic E-state index is 0.0962. The molecule has 0 N–H and O–H groups in total. The van der Waals surface area contributed by atoms with Crippen LogP contribution in [0.3, 0.4) is 0 Å². The van der Waals surface area contributed by atoms with Gasteiger partial charge < -0.3 is 0 Å². The number of hydrogen-bond acceptors (Lipinski definition) is 3. The topological polar surface area (TPSA) is 52.0 Å². The van der Waals surface area contributed by atoms with Crippen LogP contribution in [0.5, 0.6) is 0 Å². The molecule has 0 saturated carbocycles. The van der Waals surface area contributed by atoms with Crippen LogP contribution in [0, 0.1) is 0 Å². The van der Waals surface area contributed by atoms with Gasteiger partial charge in [-0.05, 0) is 19.9 Å². The Kier molecular flexibility index (Phi) is 2.38. The third-order valence-electron chi connectivity index (χ3n) is 1.51. The van der Waals surface area contributed by atoms with Gasteiger partial charge in [0.25, 0.3) is 0 Å². The van der Waals surface area contributed by atoms with Gasteiger partial charge in [-0.3, -0.25) is 14.3 Å². The molecule has 0 fully saturated rings. The average Bonchev–Trinajstić information content (AvgIpc) is 2.47. The molecule has 0 aliphatic heterocycles. The lowest BCUT2D eigenvalue weighted by molar-refractivity contribution is 0.110. The highest BCUT2D eigenvalue weighted by atomic mass is 16.1. The van der Waals surface area contributed by atoms with Gasteiger partial charge in [0.15, 0.2) is 12.6 Å². The molecular formula is C8H10N2O2. The van der Waals surface area contributed by atoms with E-state index in [4.69, 9.17) is 0 Å². The van der Waals surface area contributed by atoms with E-state index in [0.29, 0.717) is 24.0 Å². The molecule has 0 radical (unpaired) electrons. The number of hydrogen-bond donors (Lipinski definition) is 0. The number of aromatic nitrogens is 2. The van der Waals surface area contributed by atoms with Crippen LogP contribution >= 0.6 is 0 Å². The van der Waals surface area contributed by atoms with Crippen molar-refractivity contribution in [3.8, 4) is 0 Å². The second-order valence-electron chi connectivity index (χ2n) is 2.77. The van der Waals surface area contributed by atoms with Crippen LogP contribution < -0.4 is 0 Å². The predicted octanol–water partition coefficient (Wildman–Crippen LogP) is 1.09. The van der Waals surface area contributed by atoms with Crippen LogP contribution in [-0.2, 0) is 0 Å². The Hall–Kier alpha value is -1.45. The smallest absolute Gasteiger partial charge is 0.170 e. The van der Waals surface area contributed by atoms with Gasteiger partial charge in [-0.25, -0.2) is 0 Å². The summed E-state index contributed by atoms with van der Waals surface area (Å²) in [6.45, 7) is 3.79. The lowest BCUT2D eigenvalue weighted by Crippen LogP contribution is -2.06. The number of carbonyl (C=O) groups excluding carboxylic acids is 2. The lowest BCUT2D eigenvalue weighted by atomic mass is 10.3. The molecule has 64 valence electrons. The minimum atomic E-state index is 0.0962. The zero-order valence-corrected chi connectivity index (χ0v) is 7.02. The average molecular weight is 166 g/mol. The van der Waals surface area contributed by atoms with Crippen LogP contribution in [-0.4, -0.2) is 22.4 Å². The highest BCUT2D eigenvalue weighted by Gasteiger charge is 2.08. The monoisotopic (exact) mass is 166 g/mol. The maximum absolute atomic E-state index is 10.5. The molecule has 0 amide bonds. The van der Waals surface area contributed by atoms with E-state index in [-0.39, 0.29) is 6.04 Å². The molecule has 0 bridgehead atoms. The summed E-state index contributed by atoms with van der Waals surface area (Å²) in [4.78, 5) is 20.8. The van der Waals surface area contributed by atoms with E-state index in [0.717, 1.165) is 0 Å². The van der Waals surface area contributed by atoms with E-state index in [9.17, 15) is 9.59 Å². The number of nitrogens with zero attached hydrogens (tertiary/aromatic N) is 2. The normalized spacial score (nSPS) is 10.2. The van der Waals surface area contributed by atoms with Crippen molar-refractivity contribution in [2.45, 2.75) is 19.9 Å². The van der Waals surface area contributed by atoms with Crippen molar-refractivity contribution in [3.63, 3.8) is 0 Å². The molecule has 0 saturated heterocycles. The van der Waals surface area contributed by atoms with Gasteiger partial charge in [-0.1, -0.05) is 0 Å². The molecule has 0 spiro atoms. The summed E-state index contributed by atoms with van der Waals surface area (Å²) in [6, 6.07) is 1.57. The van der Waals surface area contributed by atoms with Crippen molar-refractivity contribution in [3.05, 3.63) is 17.5 Å². The van der Waals surface area contributed by atoms with Crippen molar-refractivity contribution < 1.29 is 9.59 Å². The van der Waals surface area contributed by atoms with E-state index in [2.05, 4.69) is 5.10 Å². The largest absolute Gasteiger partial charge is 0.296 e. The van der Waals surface area contributed by atoms with Crippen LogP contribution in [0.4, 0.5) is 0 Å². The fourth-order valence-corrected chi connectivity index (χ4v) is 0.988. The molecular weight excluding hydrogens is 156 g/mol. The molecule has 0 atom stereocenters. The number of rotatable bonds is 3. The van der Waals surface area contributed by atoms with E-state index in [1.54, 1.807) is 0 Å². The SMILES string of the molecule is CC(C)n1nc(C=O)cc1C=O. The summed E-state index contributed by atoms with van der Waals surface area (Å²) in [5.41, 5.74) is 0.734. The second kappa shape index (κ2) is 3.30. The summed E-state index contributed by atoms with van der Waals surface area (Å²) in [5, 5.41) is 3.92.